The fourth-order valence-corrected chi connectivity index (χ4v) is 1.67. The van der Waals surface area contributed by atoms with E-state index in [1.165, 1.54) is 6.08 Å². The Bertz CT molecular complexity index is 466. The maximum Gasteiger partial charge on any atom is 0.328 e. The zero-order valence-electron chi connectivity index (χ0n) is 12.1. The molecular formula is C16H21NO3. The van der Waals surface area contributed by atoms with Crippen LogP contribution in [0.15, 0.2) is 36.4 Å². The first-order valence-electron chi connectivity index (χ1n) is 6.74. The maximum absolute atomic E-state index is 11.8. The molecule has 4 heteroatoms. The van der Waals surface area contributed by atoms with Gasteiger partial charge in [-0.3, -0.25) is 4.79 Å². The van der Waals surface area contributed by atoms with Gasteiger partial charge in [0.2, 0.25) is 5.91 Å². The molecule has 0 aliphatic rings. The summed E-state index contributed by atoms with van der Waals surface area (Å²) in [5.41, 5.74) is 0.930. The molecule has 0 heterocycles. The van der Waals surface area contributed by atoms with Crippen LogP contribution in [-0.2, 0) is 14.3 Å². The summed E-state index contributed by atoms with van der Waals surface area (Å²) in [6.45, 7) is 5.77. The normalized spacial score (nSPS) is 12.4. The highest BCUT2D eigenvalue weighted by Crippen LogP contribution is 2.05. The summed E-state index contributed by atoms with van der Waals surface area (Å²) in [6, 6.07) is 8.87. The van der Waals surface area contributed by atoms with Crippen LogP contribution in [0.1, 0.15) is 26.3 Å². The number of ether oxygens (including phenoxy) is 1. The van der Waals surface area contributed by atoms with Crippen LogP contribution in [0.3, 0.4) is 0 Å². The van der Waals surface area contributed by atoms with Crippen LogP contribution in [-0.4, -0.2) is 24.5 Å². The van der Waals surface area contributed by atoms with Crippen LogP contribution in [0.25, 0.3) is 6.08 Å². The van der Waals surface area contributed by atoms with Crippen molar-refractivity contribution in [1.82, 2.24) is 5.32 Å². The van der Waals surface area contributed by atoms with Crippen LogP contribution in [0.2, 0.25) is 0 Å². The van der Waals surface area contributed by atoms with Crippen molar-refractivity contribution < 1.29 is 14.3 Å². The third kappa shape index (κ3) is 5.26. The minimum Gasteiger partial charge on any atom is -0.464 e. The molecule has 0 fully saturated rings. The molecule has 1 amide bonds. The highest BCUT2D eigenvalue weighted by Gasteiger charge is 2.24. The minimum absolute atomic E-state index is 0.0249. The Labute approximate surface area is 119 Å². The number of benzene rings is 1. The van der Waals surface area contributed by atoms with Gasteiger partial charge in [0.1, 0.15) is 6.04 Å². The molecule has 0 aliphatic heterocycles. The zero-order valence-corrected chi connectivity index (χ0v) is 12.1. The summed E-state index contributed by atoms with van der Waals surface area (Å²) in [4.78, 5) is 23.6. The fraction of sp³-hybridized carbons (Fsp3) is 0.375. The Morgan fingerprint density at radius 1 is 1.25 bits per heavy atom. The van der Waals surface area contributed by atoms with E-state index in [-0.39, 0.29) is 11.8 Å². The number of carbonyl (C=O) groups excluding carboxylic acids is 2. The predicted octanol–water partition coefficient (Wildman–Crippen LogP) is 2.40. The van der Waals surface area contributed by atoms with Gasteiger partial charge < -0.3 is 10.1 Å². The second-order valence-corrected chi connectivity index (χ2v) is 4.73. The molecule has 1 atom stereocenters. The van der Waals surface area contributed by atoms with Crippen molar-refractivity contribution in [2.45, 2.75) is 26.8 Å². The largest absolute Gasteiger partial charge is 0.464 e. The Hall–Kier alpha value is -2.10. The lowest BCUT2D eigenvalue weighted by molar-refractivity contribution is -0.148. The highest BCUT2D eigenvalue weighted by atomic mass is 16.5. The van der Waals surface area contributed by atoms with Crippen molar-refractivity contribution in [3.8, 4) is 0 Å². The highest BCUT2D eigenvalue weighted by molar-refractivity contribution is 5.94. The molecule has 0 radical (unpaired) electrons. The van der Waals surface area contributed by atoms with Gasteiger partial charge in [-0.15, -0.1) is 0 Å². The van der Waals surface area contributed by atoms with Gasteiger partial charge in [-0.2, -0.15) is 0 Å². The predicted molar refractivity (Wildman–Crippen MR) is 78.9 cm³/mol. The quantitative estimate of drug-likeness (QED) is 0.640. The van der Waals surface area contributed by atoms with Gasteiger partial charge in [0.15, 0.2) is 0 Å². The number of esters is 1. The third-order valence-electron chi connectivity index (χ3n) is 2.73. The van der Waals surface area contributed by atoms with Crippen LogP contribution < -0.4 is 5.32 Å². The summed E-state index contributed by atoms with van der Waals surface area (Å²) < 4.78 is 4.95. The van der Waals surface area contributed by atoms with Gasteiger partial charge in [-0.1, -0.05) is 44.2 Å². The van der Waals surface area contributed by atoms with Crippen LogP contribution in [0, 0.1) is 5.92 Å². The molecule has 0 saturated heterocycles. The molecule has 20 heavy (non-hydrogen) atoms. The molecule has 1 aromatic rings. The molecule has 1 N–H and O–H groups in total. The lowest BCUT2D eigenvalue weighted by atomic mass is 10.0. The standard InChI is InChI=1S/C16H21NO3/c1-4-20-16(19)15(12(2)3)17-14(18)11-10-13-8-6-5-7-9-13/h5-12,15H,4H2,1-3H3,(H,17,18)/b11-10+. The average Bonchev–Trinajstić information content (AvgIpc) is 2.43. The maximum atomic E-state index is 11.8. The summed E-state index contributed by atoms with van der Waals surface area (Å²) in [7, 11) is 0. The van der Waals surface area contributed by atoms with Crippen LogP contribution >= 0.6 is 0 Å². The van der Waals surface area contributed by atoms with Gasteiger partial charge in [-0.25, -0.2) is 4.79 Å². The number of amides is 1. The Balaban J connectivity index is 2.63. The molecule has 0 aliphatic carbocycles. The number of hydrogen-bond acceptors (Lipinski definition) is 3. The monoisotopic (exact) mass is 275 g/mol. The molecule has 0 spiro atoms. The smallest absolute Gasteiger partial charge is 0.328 e. The van der Waals surface area contributed by atoms with E-state index in [2.05, 4.69) is 5.32 Å². The van der Waals surface area contributed by atoms with Gasteiger partial charge in [-0.05, 0) is 24.5 Å². The van der Waals surface area contributed by atoms with E-state index in [1.54, 1.807) is 13.0 Å². The van der Waals surface area contributed by atoms with Crippen molar-refractivity contribution in [2.75, 3.05) is 6.61 Å². The number of carbonyl (C=O) groups is 2. The molecule has 4 nitrogen and oxygen atoms in total. The van der Waals surface area contributed by atoms with E-state index < -0.39 is 12.0 Å². The number of hydrogen-bond donors (Lipinski definition) is 1. The molecule has 1 unspecified atom stereocenters. The fourth-order valence-electron chi connectivity index (χ4n) is 1.67. The molecular weight excluding hydrogens is 254 g/mol. The molecule has 108 valence electrons. The van der Waals surface area contributed by atoms with Gasteiger partial charge >= 0.3 is 5.97 Å². The lowest BCUT2D eigenvalue weighted by Crippen LogP contribution is -2.44. The molecule has 1 aromatic carbocycles. The zero-order chi connectivity index (χ0) is 15.0. The van der Waals surface area contributed by atoms with Crippen LogP contribution in [0.5, 0.6) is 0 Å². The summed E-state index contributed by atoms with van der Waals surface area (Å²) in [5, 5.41) is 2.67. The first-order chi connectivity index (χ1) is 9.54. The summed E-state index contributed by atoms with van der Waals surface area (Å²) in [5.74, 6) is -0.729. The molecule has 1 rings (SSSR count). The first kappa shape index (κ1) is 16.0. The van der Waals surface area contributed by atoms with Gasteiger partial charge in [0.05, 0.1) is 6.61 Å². The SMILES string of the molecule is CCOC(=O)C(NC(=O)/C=C/c1ccccc1)C(C)C. The van der Waals surface area contributed by atoms with E-state index >= 15 is 0 Å². The topological polar surface area (TPSA) is 55.4 Å². The minimum atomic E-state index is -0.622. The number of rotatable bonds is 6. The third-order valence-corrected chi connectivity index (χ3v) is 2.73. The van der Waals surface area contributed by atoms with Crippen molar-refractivity contribution in [3.63, 3.8) is 0 Å². The van der Waals surface area contributed by atoms with Crippen molar-refractivity contribution in [1.29, 1.82) is 0 Å². The Kier molecular flexibility index (Phi) is 6.50. The summed E-state index contributed by atoms with van der Waals surface area (Å²) >= 11 is 0. The van der Waals surface area contributed by atoms with E-state index in [1.807, 2.05) is 44.2 Å². The van der Waals surface area contributed by atoms with Gasteiger partial charge in [0.25, 0.3) is 0 Å². The van der Waals surface area contributed by atoms with Crippen molar-refractivity contribution in [2.24, 2.45) is 5.92 Å². The number of nitrogens with one attached hydrogen (secondary N) is 1. The van der Waals surface area contributed by atoms with E-state index in [0.717, 1.165) is 5.56 Å². The average molecular weight is 275 g/mol. The van der Waals surface area contributed by atoms with E-state index in [9.17, 15) is 9.59 Å². The van der Waals surface area contributed by atoms with Gasteiger partial charge in [0, 0.05) is 6.08 Å². The summed E-state index contributed by atoms with van der Waals surface area (Å²) in [6.07, 6.45) is 3.13. The van der Waals surface area contributed by atoms with Crippen molar-refractivity contribution >= 4 is 18.0 Å². The van der Waals surface area contributed by atoms with E-state index in [0.29, 0.717) is 6.61 Å². The van der Waals surface area contributed by atoms with Crippen molar-refractivity contribution in [3.05, 3.63) is 42.0 Å². The lowest BCUT2D eigenvalue weighted by Gasteiger charge is -2.19. The second-order valence-electron chi connectivity index (χ2n) is 4.73. The Morgan fingerprint density at radius 2 is 1.90 bits per heavy atom. The molecule has 0 aromatic heterocycles. The molecule has 0 saturated carbocycles. The van der Waals surface area contributed by atoms with E-state index in [4.69, 9.17) is 4.74 Å². The van der Waals surface area contributed by atoms with Crippen LogP contribution in [0.4, 0.5) is 0 Å². The first-order valence-corrected chi connectivity index (χ1v) is 6.74. The molecule has 0 bridgehead atoms. The second kappa shape index (κ2) is 8.15. The Morgan fingerprint density at radius 3 is 2.45 bits per heavy atom.